The Labute approximate surface area is 177 Å². The third-order valence-electron chi connectivity index (χ3n) is 4.72. The van der Waals surface area contributed by atoms with E-state index >= 15 is 0 Å². The summed E-state index contributed by atoms with van der Waals surface area (Å²) in [4.78, 5) is 21.2. The first-order chi connectivity index (χ1) is 14.6. The average molecular weight is 422 g/mol. The molecule has 1 aromatic carbocycles. The van der Waals surface area contributed by atoms with Crippen LogP contribution in [0.3, 0.4) is 0 Å². The van der Waals surface area contributed by atoms with Gasteiger partial charge in [-0.2, -0.15) is 5.10 Å². The van der Waals surface area contributed by atoms with Gasteiger partial charge in [-0.05, 0) is 37.6 Å². The lowest BCUT2D eigenvalue weighted by Crippen LogP contribution is -2.25. The molecule has 0 aliphatic rings. The minimum absolute atomic E-state index is 0.216. The number of amides is 1. The zero-order valence-corrected chi connectivity index (χ0v) is 17.2. The molecular formula is C22H20FN5OS. The molecule has 0 bridgehead atoms. The molecule has 0 spiro atoms. The third kappa shape index (κ3) is 4.28. The minimum atomic E-state index is -0.384. The fraction of sp³-hybridized carbons (Fsp3) is 0.182. The smallest absolute Gasteiger partial charge is 0.254 e. The van der Waals surface area contributed by atoms with Crippen LogP contribution in [0.25, 0.3) is 16.9 Å². The van der Waals surface area contributed by atoms with Crippen molar-refractivity contribution in [3.8, 4) is 16.9 Å². The molecular weight excluding hydrogens is 401 g/mol. The SMILES string of the molecule is Cc1c(C(=O)NCCCc2nc(-c3ccncc3)cs2)cnn1-c1ccccc1F. The molecule has 1 amide bonds. The number of thiazole rings is 1. The Kier molecular flexibility index (Phi) is 5.94. The zero-order valence-electron chi connectivity index (χ0n) is 16.4. The van der Waals surface area contributed by atoms with Crippen LogP contribution in [0.5, 0.6) is 0 Å². The Balaban J connectivity index is 1.32. The van der Waals surface area contributed by atoms with E-state index in [1.807, 2.05) is 17.5 Å². The van der Waals surface area contributed by atoms with Crippen molar-refractivity contribution < 1.29 is 9.18 Å². The number of aromatic nitrogens is 4. The number of nitrogens with zero attached hydrogens (tertiary/aromatic N) is 4. The summed E-state index contributed by atoms with van der Waals surface area (Å²) < 4.78 is 15.5. The maximum absolute atomic E-state index is 14.0. The van der Waals surface area contributed by atoms with E-state index in [1.54, 1.807) is 48.9 Å². The van der Waals surface area contributed by atoms with Crippen LogP contribution in [0.2, 0.25) is 0 Å². The average Bonchev–Trinajstić information content (AvgIpc) is 3.39. The predicted molar refractivity (Wildman–Crippen MR) is 114 cm³/mol. The number of aryl methyl sites for hydroxylation is 1. The number of rotatable bonds is 7. The van der Waals surface area contributed by atoms with Gasteiger partial charge >= 0.3 is 0 Å². The maximum atomic E-state index is 14.0. The van der Waals surface area contributed by atoms with Crippen molar-refractivity contribution in [1.82, 2.24) is 25.1 Å². The molecule has 1 N–H and O–H groups in total. The molecule has 0 saturated carbocycles. The monoisotopic (exact) mass is 421 g/mol. The Morgan fingerprint density at radius 3 is 2.80 bits per heavy atom. The first-order valence-corrected chi connectivity index (χ1v) is 10.4. The fourth-order valence-electron chi connectivity index (χ4n) is 3.12. The van der Waals surface area contributed by atoms with Crippen LogP contribution >= 0.6 is 11.3 Å². The lowest BCUT2D eigenvalue weighted by Gasteiger charge is -2.07. The van der Waals surface area contributed by atoms with E-state index < -0.39 is 0 Å². The number of halogens is 1. The quantitative estimate of drug-likeness (QED) is 0.454. The topological polar surface area (TPSA) is 72.7 Å². The van der Waals surface area contributed by atoms with Crippen molar-refractivity contribution in [2.75, 3.05) is 6.54 Å². The Hall–Kier alpha value is -3.39. The minimum Gasteiger partial charge on any atom is -0.352 e. The van der Waals surface area contributed by atoms with E-state index in [0.717, 1.165) is 29.1 Å². The van der Waals surface area contributed by atoms with E-state index in [9.17, 15) is 9.18 Å². The van der Waals surface area contributed by atoms with Gasteiger partial charge < -0.3 is 5.32 Å². The van der Waals surface area contributed by atoms with Gasteiger partial charge in [-0.25, -0.2) is 14.1 Å². The van der Waals surface area contributed by atoms with Crippen LogP contribution in [0.4, 0.5) is 4.39 Å². The summed E-state index contributed by atoms with van der Waals surface area (Å²) >= 11 is 1.61. The summed E-state index contributed by atoms with van der Waals surface area (Å²) in [6.07, 6.45) is 6.53. The number of pyridine rings is 1. The zero-order chi connectivity index (χ0) is 20.9. The van der Waals surface area contributed by atoms with Gasteiger partial charge in [0.25, 0.3) is 5.91 Å². The van der Waals surface area contributed by atoms with Gasteiger partial charge in [0.05, 0.1) is 28.2 Å². The van der Waals surface area contributed by atoms with Crippen LogP contribution < -0.4 is 5.32 Å². The van der Waals surface area contributed by atoms with Gasteiger partial charge in [0, 0.05) is 36.3 Å². The molecule has 4 aromatic rings. The molecule has 30 heavy (non-hydrogen) atoms. The summed E-state index contributed by atoms with van der Waals surface area (Å²) in [7, 11) is 0. The maximum Gasteiger partial charge on any atom is 0.254 e. The standard InChI is InChI=1S/C22H20FN5OS/c1-15-17(13-26-28(15)20-6-3-2-5-18(20)23)22(29)25-10-4-7-21-27-19(14-30-21)16-8-11-24-12-9-16/h2-3,5-6,8-9,11-14H,4,7,10H2,1H3,(H,25,29). The molecule has 0 aliphatic heterocycles. The number of carbonyl (C=O) groups excluding carboxylic acids is 1. The van der Waals surface area contributed by atoms with Crippen LogP contribution in [-0.2, 0) is 6.42 Å². The molecule has 0 saturated heterocycles. The van der Waals surface area contributed by atoms with Gasteiger partial charge in [0.1, 0.15) is 11.5 Å². The van der Waals surface area contributed by atoms with Crippen molar-refractivity contribution in [2.24, 2.45) is 0 Å². The van der Waals surface area contributed by atoms with Gasteiger partial charge in [-0.15, -0.1) is 11.3 Å². The Morgan fingerprint density at radius 1 is 1.20 bits per heavy atom. The van der Waals surface area contributed by atoms with Gasteiger partial charge in [-0.3, -0.25) is 9.78 Å². The number of nitrogens with one attached hydrogen (secondary N) is 1. The molecule has 4 rings (SSSR count). The highest BCUT2D eigenvalue weighted by Gasteiger charge is 2.16. The van der Waals surface area contributed by atoms with Crippen LogP contribution in [0, 0.1) is 12.7 Å². The van der Waals surface area contributed by atoms with Gasteiger partial charge in [-0.1, -0.05) is 12.1 Å². The first-order valence-electron chi connectivity index (χ1n) is 9.56. The van der Waals surface area contributed by atoms with Crippen LogP contribution in [0.15, 0.2) is 60.4 Å². The first kappa shape index (κ1) is 19.9. The third-order valence-corrected chi connectivity index (χ3v) is 5.62. The number of hydrogen-bond donors (Lipinski definition) is 1. The second-order valence-corrected chi connectivity index (χ2v) is 7.67. The Bertz CT molecular complexity index is 1160. The summed E-state index contributed by atoms with van der Waals surface area (Å²) in [6.45, 7) is 2.28. The molecule has 0 fully saturated rings. The fourth-order valence-corrected chi connectivity index (χ4v) is 3.97. The summed E-state index contributed by atoms with van der Waals surface area (Å²) in [5, 5.41) is 10.1. The van der Waals surface area contributed by atoms with E-state index in [2.05, 4.69) is 20.4 Å². The Morgan fingerprint density at radius 2 is 2.00 bits per heavy atom. The second-order valence-electron chi connectivity index (χ2n) is 6.73. The summed E-state index contributed by atoms with van der Waals surface area (Å²) in [6, 6.07) is 10.2. The van der Waals surface area contributed by atoms with Crippen molar-refractivity contribution in [3.63, 3.8) is 0 Å². The van der Waals surface area contributed by atoms with E-state index in [1.165, 1.54) is 16.9 Å². The largest absolute Gasteiger partial charge is 0.352 e. The van der Waals surface area contributed by atoms with E-state index in [4.69, 9.17) is 0 Å². The number of para-hydroxylation sites is 1. The van der Waals surface area contributed by atoms with Crippen molar-refractivity contribution in [3.05, 3.63) is 82.5 Å². The molecule has 0 atom stereocenters. The molecule has 152 valence electrons. The molecule has 6 nitrogen and oxygen atoms in total. The van der Waals surface area contributed by atoms with Crippen molar-refractivity contribution >= 4 is 17.2 Å². The van der Waals surface area contributed by atoms with E-state index in [-0.39, 0.29) is 11.7 Å². The normalized spacial score (nSPS) is 10.9. The van der Waals surface area contributed by atoms with E-state index in [0.29, 0.717) is 23.5 Å². The molecule has 0 radical (unpaired) electrons. The second kappa shape index (κ2) is 8.96. The van der Waals surface area contributed by atoms with Gasteiger partial charge in [0.2, 0.25) is 0 Å². The van der Waals surface area contributed by atoms with Crippen molar-refractivity contribution in [1.29, 1.82) is 0 Å². The highest BCUT2D eigenvalue weighted by atomic mass is 32.1. The lowest BCUT2D eigenvalue weighted by molar-refractivity contribution is 0.0952. The summed E-state index contributed by atoms with van der Waals surface area (Å²) in [5.74, 6) is -0.600. The lowest BCUT2D eigenvalue weighted by atomic mass is 10.2. The highest BCUT2D eigenvalue weighted by molar-refractivity contribution is 7.09. The molecule has 0 unspecified atom stereocenters. The van der Waals surface area contributed by atoms with Crippen LogP contribution in [-0.4, -0.2) is 32.2 Å². The number of hydrogen-bond acceptors (Lipinski definition) is 5. The predicted octanol–water partition coefficient (Wildman–Crippen LogP) is 4.20. The number of carbonyl (C=O) groups is 1. The number of benzene rings is 1. The summed E-state index contributed by atoms with van der Waals surface area (Å²) in [5.41, 5.74) is 3.34. The van der Waals surface area contributed by atoms with Crippen LogP contribution in [0.1, 0.15) is 27.5 Å². The van der Waals surface area contributed by atoms with Gasteiger partial charge in [0.15, 0.2) is 0 Å². The highest BCUT2D eigenvalue weighted by Crippen LogP contribution is 2.22. The molecule has 8 heteroatoms. The molecule has 0 aliphatic carbocycles. The molecule has 3 heterocycles. The molecule has 3 aromatic heterocycles. The van der Waals surface area contributed by atoms with Crippen molar-refractivity contribution in [2.45, 2.75) is 19.8 Å².